The number of amides is 1. The standard InChI is InChI=1S/C14H16ClN5O/c15-11-2-1-3-12(14(11)20-9-16-8-18-20)19-13(21)6-7-17-10-4-5-10/h1-3,8-10,17H,4-7H2,(H,19,21). The van der Waals surface area contributed by atoms with Crippen molar-refractivity contribution < 1.29 is 4.79 Å². The van der Waals surface area contributed by atoms with Gasteiger partial charge in [0.15, 0.2) is 0 Å². The quantitative estimate of drug-likeness (QED) is 0.856. The minimum Gasteiger partial charge on any atom is -0.324 e. The Morgan fingerprint density at radius 2 is 2.29 bits per heavy atom. The van der Waals surface area contributed by atoms with E-state index < -0.39 is 0 Å². The van der Waals surface area contributed by atoms with Crippen molar-refractivity contribution in [2.75, 3.05) is 11.9 Å². The molecule has 3 rings (SSSR count). The second-order valence-electron chi connectivity index (χ2n) is 5.00. The van der Waals surface area contributed by atoms with Gasteiger partial charge in [0.05, 0.1) is 10.7 Å². The van der Waals surface area contributed by atoms with E-state index in [0.29, 0.717) is 35.4 Å². The number of carbonyl (C=O) groups excluding carboxylic acids is 1. The van der Waals surface area contributed by atoms with Gasteiger partial charge in [0.1, 0.15) is 18.3 Å². The zero-order valence-electron chi connectivity index (χ0n) is 11.4. The summed E-state index contributed by atoms with van der Waals surface area (Å²) in [5.74, 6) is -0.0493. The summed E-state index contributed by atoms with van der Waals surface area (Å²) in [6, 6.07) is 5.95. The first-order chi connectivity index (χ1) is 10.2. The molecule has 1 fully saturated rings. The van der Waals surface area contributed by atoms with E-state index in [1.165, 1.54) is 19.2 Å². The van der Waals surface area contributed by atoms with Gasteiger partial charge in [-0.3, -0.25) is 4.79 Å². The number of para-hydroxylation sites is 1. The van der Waals surface area contributed by atoms with Crippen LogP contribution in [0.2, 0.25) is 5.02 Å². The summed E-state index contributed by atoms with van der Waals surface area (Å²) in [5, 5.41) is 10.8. The predicted molar refractivity (Wildman–Crippen MR) is 80.6 cm³/mol. The minimum atomic E-state index is -0.0493. The molecule has 0 saturated heterocycles. The fourth-order valence-electron chi connectivity index (χ4n) is 2.06. The van der Waals surface area contributed by atoms with Crippen molar-refractivity contribution in [1.29, 1.82) is 0 Å². The van der Waals surface area contributed by atoms with E-state index in [9.17, 15) is 4.79 Å². The molecule has 1 aliphatic rings. The number of benzene rings is 1. The maximum atomic E-state index is 12.0. The highest BCUT2D eigenvalue weighted by atomic mass is 35.5. The summed E-state index contributed by atoms with van der Waals surface area (Å²) >= 11 is 6.21. The molecule has 2 N–H and O–H groups in total. The second-order valence-corrected chi connectivity index (χ2v) is 5.41. The summed E-state index contributed by atoms with van der Waals surface area (Å²) < 4.78 is 1.54. The van der Waals surface area contributed by atoms with Gasteiger partial charge in [0, 0.05) is 19.0 Å². The van der Waals surface area contributed by atoms with Crippen LogP contribution in [0.25, 0.3) is 5.69 Å². The predicted octanol–water partition coefficient (Wildman–Crippen LogP) is 2.00. The molecule has 1 aromatic carbocycles. The Hall–Kier alpha value is -1.92. The normalized spacial score (nSPS) is 14.1. The number of halogens is 1. The largest absolute Gasteiger partial charge is 0.324 e. The molecule has 6 nitrogen and oxygen atoms in total. The first-order valence-electron chi connectivity index (χ1n) is 6.91. The molecule has 7 heteroatoms. The second kappa shape index (κ2) is 6.24. The highest BCUT2D eigenvalue weighted by Gasteiger charge is 2.20. The zero-order chi connectivity index (χ0) is 14.7. The Morgan fingerprint density at radius 1 is 1.43 bits per heavy atom. The van der Waals surface area contributed by atoms with E-state index in [2.05, 4.69) is 20.7 Å². The maximum absolute atomic E-state index is 12.0. The monoisotopic (exact) mass is 305 g/mol. The summed E-state index contributed by atoms with van der Waals surface area (Å²) in [4.78, 5) is 15.9. The van der Waals surface area contributed by atoms with E-state index in [1.807, 2.05) is 0 Å². The van der Waals surface area contributed by atoms with Gasteiger partial charge in [-0.2, -0.15) is 5.10 Å². The lowest BCUT2D eigenvalue weighted by molar-refractivity contribution is -0.116. The van der Waals surface area contributed by atoms with Crippen LogP contribution in [0.3, 0.4) is 0 Å². The van der Waals surface area contributed by atoms with Crippen molar-refractivity contribution in [3.8, 4) is 5.69 Å². The van der Waals surface area contributed by atoms with Crippen LogP contribution in [0.5, 0.6) is 0 Å². The van der Waals surface area contributed by atoms with Gasteiger partial charge in [0.25, 0.3) is 0 Å². The van der Waals surface area contributed by atoms with Crippen LogP contribution in [0.4, 0.5) is 5.69 Å². The lowest BCUT2D eigenvalue weighted by Crippen LogP contribution is -2.23. The minimum absolute atomic E-state index is 0.0493. The van der Waals surface area contributed by atoms with Crippen LogP contribution in [-0.4, -0.2) is 33.3 Å². The Kier molecular flexibility index (Phi) is 4.17. The van der Waals surface area contributed by atoms with E-state index in [0.717, 1.165) is 0 Å². The molecule has 1 aromatic heterocycles. The van der Waals surface area contributed by atoms with Crippen molar-refractivity contribution in [3.63, 3.8) is 0 Å². The number of aromatic nitrogens is 3. The highest BCUT2D eigenvalue weighted by molar-refractivity contribution is 6.33. The molecule has 0 bridgehead atoms. The molecule has 110 valence electrons. The number of nitrogens with zero attached hydrogens (tertiary/aromatic N) is 3. The molecular weight excluding hydrogens is 290 g/mol. The van der Waals surface area contributed by atoms with Crippen molar-refractivity contribution in [2.24, 2.45) is 0 Å². The molecule has 1 saturated carbocycles. The van der Waals surface area contributed by atoms with Crippen LogP contribution in [0.1, 0.15) is 19.3 Å². The Bertz CT molecular complexity index is 624. The number of nitrogens with one attached hydrogen (secondary N) is 2. The molecule has 1 amide bonds. The Balaban J connectivity index is 1.69. The van der Waals surface area contributed by atoms with Gasteiger partial charge in [-0.15, -0.1) is 0 Å². The van der Waals surface area contributed by atoms with Gasteiger partial charge in [-0.05, 0) is 25.0 Å². The Labute approximate surface area is 127 Å². The topological polar surface area (TPSA) is 71.8 Å². The van der Waals surface area contributed by atoms with Crippen molar-refractivity contribution in [3.05, 3.63) is 35.9 Å². The SMILES string of the molecule is O=C(CCNC1CC1)Nc1cccc(Cl)c1-n1cncn1. The fraction of sp³-hybridized carbons (Fsp3) is 0.357. The zero-order valence-corrected chi connectivity index (χ0v) is 12.2. The van der Waals surface area contributed by atoms with Crippen molar-refractivity contribution >= 4 is 23.2 Å². The van der Waals surface area contributed by atoms with Gasteiger partial charge in [-0.25, -0.2) is 9.67 Å². The van der Waals surface area contributed by atoms with Gasteiger partial charge in [-0.1, -0.05) is 17.7 Å². The lowest BCUT2D eigenvalue weighted by Gasteiger charge is -2.12. The van der Waals surface area contributed by atoms with E-state index >= 15 is 0 Å². The molecule has 1 aliphatic carbocycles. The van der Waals surface area contributed by atoms with Crippen LogP contribution < -0.4 is 10.6 Å². The third-order valence-electron chi connectivity index (χ3n) is 3.27. The average Bonchev–Trinajstić information content (AvgIpc) is 3.12. The van der Waals surface area contributed by atoms with Crippen molar-refractivity contribution in [1.82, 2.24) is 20.1 Å². The van der Waals surface area contributed by atoms with Crippen LogP contribution in [-0.2, 0) is 4.79 Å². The Morgan fingerprint density at radius 3 is 3.00 bits per heavy atom. The van der Waals surface area contributed by atoms with Gasteiger partial charge < -0.3 is 10.6 Å². The van der Waals surface area contributed by atoms with E-state index in [4.69, 9.17) is 11.6 Å². The van der Waals surface area contributed by atoms with E-state index in [1.54, 1.807) is 29.2 Å². The molecule has 0 unspecified atom stereocenters. The van der Waals surface area contributed by atoms with Gasteiger partial charge >= 0.3 is 0 Å². The number of anilines is 1. The molecule has 0 radical (unpaired) electrons. The molecule has 0 spiro atoms. The molecular formula is C14H16ClN5O. The summed E-state index contributed by atoms with van der Waals surface area (Å²) in [5.41, 5.74) is 1.25. The highest BCUT2D eigenvalue weighted by Crippen LogP contribution is 2.27. The third kappa shape index (κ3) is 3.59. The first kappa shape index (κ1) is 14.0. The summed E-state index contributed by atoms with van der Waals surface area (Å²) in [7, 11) is 0. The van der Waals surface area contributed by atoms with Gasteiger partial charge in [0.2, 0.25) is 5.91 Å². The lowest BCUT2D eigenvalue weighted by atomic mass is 10.2. The molecule has 1 heterocycles. The van der Waals surface area contributed by atoms with Crippen LogP contribution in [0, 0.1) is 0 Å². The first-order valence-corrected chi connectivity index (χ1v) is 7.28. The summed E-state index contributed by atoms with van der Waals surface area (Å²) in [6.07, 6.45) is 5.83. The molecule has 0 aliphatic heterocycles. The maximum Gasteiger partial charge on any atom is 0.225 e. The van der Waals surface area contributed by atoms with Crippen LogP contribution in [0.15, 0.2) is 30.9 Å². The molecule has 0 atom stereocenters. The molecule has 2 aromatic rings. The average molecular weight is 306 g/mol. The van der Waals surface area contributed by atoms with Crippen molar-refractivity contribution in [2.45, 2.75) is 25.3 Å². The smallest absolute Gasteiger partial charge is 0.225 e. The van der Waals surface area contributed by atoms with E-state index in [-0.39, 0.29) is 5.91 Å². The number of rotatable bonds is 6. The third-order valence-corrected chi connectivity index (χ3v) is 3.58. The number of hydrogen-bond acceptors (Lipinski definition) is 4. The van der Waals surface area contributed by atoms with Crippen LogP contribution >= 0.6 is 11.6 Å². The fourth-order valence-corrected chi connectivity index (χ4v) is 2.32. The molecule has 21 heavy (non-hydrogen) atoms. The summed E-state index contributed by atoms with van der Waals surface area (Å²) in [6.45, 7) is 0.690. The number of carbonyl (C=O) groups is 1. The number of hydrogen-bond donors (Lipinski definition) is 2.